The molecule has 1 N–H and O–H groups in total. The van der Waals surface area contributed by atoms with Crippen LogP contribution < -0.4 is 5.48 Å². The van der Waals surface area contributed by atoms with Gasteiger partial charge in [0.2, 0.25) is 6.23 Å². The molecule has 0 radical (unpaired) electrons. The van der Waals surface area contributed by atoms with Gasteiger partial charge in [-0.3, -0.25) is 4.79 Å². The highest BCUT2D eigenvalue weighted by molar-refractivity contribution is 6.26. The van der Waals surface area contributed by atoms with Crippen molar-refractivity contribution in [1.29, 1.82) is 0 Å². The quantitative estimate of drug-likeness (QED) is 0.713. The van der Waals surface area contributed by atoms with E-state index in [1.807, 2.05) is 0 Å². The van der Waals surface area contributed by atoms with Gasteiger partial charge in [0, 0.05) is 5.56 Å². The Morgan fingerprint density at radius 2 is 2.14 bits per heavy atom. The van der Waals surface area contributed by atoms with Crippen molar-refractivity contribution in [2.75, 3.05) is 0 Å². The van der Waals surface area contributed by atoms with E-state index in [1.165, 1.54) is 12.1 Å². The fourth-order valence-electron chi connectivity index (χ4n) is 1.12. The number of rotatable bonds is 2. The Morgan fingerprint density at radius 1 is 1.43 bits per heavy atom. The third-order valence-electron chi connectivity index (χ3n) is 1.80. The van der Waals surface area contributed by atoms with E-state index in [0.717, 1.165) is 0 Å². The van der Waals surface area contributed by atoms with Crippen molar-refractivity contribution in [3.05, 3.63) is 35.6 Å². The van der Waals surface area contributed by atoms with Crippen LogP contribution in [0.25, 0.3) is 0 Å². The fourth-order valence-corrected chi connectivity index (χ4v) is 1.12. The summed E-state index contributed by atoms with van der Waals surface area (Å²) in [6.07, 6.45) is -0.0143. The van der Waals surface area contributed by atoms with E-state index in [1.54, 1.807) is 12.1 Å². The van der Waals surface area contributed by atoms with Crippen molar-refractivity contribution in [3.63, 3.8) is 0 Å². The molecule has 1 atom stereocenters. The maximum atomic E-state index is 12.6. The molecule has 5 heteroatoms. The Hall–Kier alpha value is -1.75. The molecular formula is C9H7FN2O2. The monoisotopic (exact) mass is 194 g/mol. The van der Waals surface area contributed by atoms with Gasteiger partial charge in [-0.05, 0) is 12.1 Å². The van der Waals surface area contributed by atoms with E-state index in [-0.39, 0.29) is 11.7 Å². The van der Waals surface area contributed by atoms with E-state index in [4.69, 9.17) is 4.84 Å². The summed E-state index contributed by atoms with van der Waals surface area (Å²) >= 11 is 0. The molecule has 0 aliphatic carbocycles. The molecule has 1 unspecified atom stereocenters. The molecule has 1 aromatic rings. The zero-order chi connectivity index (χ0) is 9.97. The summed E-state index contributed by atoms with van der Waals surface area (Å²) in [6, 6.07) is 5.73. The summed E-state index contributed by atoms with van der Waals surface area (Å²) in [5, 5.41) is 0. The lowest BCUT2D eigenvalue weighted by Gasteiger charge is -2.04. The number of hydroxylamine groups is 1. The predicted molar refractivity (Wildman–Crippen MR) is 46.9 cm³/mol. The molecule has 0 saturated carbocycles. The third-order valence-corrected chi connectivity index (χ3v) is 1.80. The zero-order valence-electron chi connectivity index (χ0n) is 7.11. The first-order valence-corrected chi connectivity index (χ1v) is 4.00. The van der Waals surface area contributed by atoms with Gasteiger partial charge in [-0.2, -0.15) is 0 Å². The average Bonchev–Trinajstić information content (AvgIpc) is 2.67. The van der Waals surface area contributed by atoms with Crippen LogP contribution >= 0.6 is 0 Å². The number of benzene rings is 1. The number of hydrogen-bond donors (Lipinski definition) is 1. The van der Waals surface area contributed by atoms with Gasteiger partial charge in [0.1, 0.15) is 5.82 Å². The maximum Gasteiger partial charge on any atom is 0.202 e. The van der Waals surface area contributed by atoms with Gasteiger partial charge < -0.3 is 0 Å². The lowest BCUT2D eigenvalue weighted by atomic mass is 10.2. The number of carbonyl (C=O) groups is 1. The standard InChI is InChI=1S/C9H7FN2O2/c10-7-3-1-6(2-4-7)9-11-8(5-13)12-14-9/h1-5,9H,(H,11,12). The molecule has 4 nitrogen and oxygen atoms in total. The van der Waals surface area contributed by atoms with Crippen molar-refractivity contribution >= 4 is 12.1 Å². The summed E-state index contributed by atoms with van der Waals surface area (Å²) in [4.78, 5) is 19.2. The topological polar surface area (TPSA) is 50.7 Å². The normalized spacial score (nSPS) is 20.1. The molecule has 1 aliphatic rings. The van der Waals surface area contributed by atoms with Gasteiger partial charge in [0.25, 0.3) is 0 Å². The molecule has 72 valence electrons. The summed E-state index contributed by atoms with van der Waals surface area (Å²) < 4.78 is 12.6. The van der Waals surface area contributed by atoms with E-state index in [9.17, 15) is 9.18 Å². The van der Waals surface area contributed by atoms with Crippen molar-refractivity contribution in [2.45, 2.75) is 6.23 Å². The molecule has 0 spiro atoms. The van der Waals surface area contributed by atoms with Gasteiger partial charge in [0.05, 0.1) is 0 Å². The van der Waals surface area contributed by atoms with Crippen LogP contribution in [0.4, 0.5) is 4.39 Å². The van der Waals surface area contributed by atoms with Crippen molar-refractivity contribution in [3.8, 4) is 0 Å². The maximum absolute atomic E-state index is 12.6. The number of nitrogens with one attached hydrogen (secondary N) is 1. The second-order valence-corrected chi connectivity index (χ2v) is 2.76. The molecule has 0 bridgehead atoms. The number of amidine groups is 1. The first kappa shape index (κ1) is 8.83. The Balaban J connectivity index is 2.21. The minimum atomic E-state index is -0.573. The highest BCUT2D eigenvalue weighted by Gasteiger charge is 2.18. The Bertz CT molecular complexity index is 375. The second-order valence-electron chi connectivity index (χ2n) is 2.76. The third kappa shape index (κ3) is 1.62. The van der Waals surface area contributed by atoms with E-state index in [2.05, 4.69) is 10.5 Å². The second kappa shape index (κ2) is 3.55. The smallest absolute Gasteiger partial charge is 0.202 e. The van der Waals surface area contributed by atoms with E-state index in [0.29, 0.717) is 11.8 Å². The van der Waals surface area contributed by atoms with Crippen LogP contribution in [0.15, 0.2) is 29.3 Å². The molecule has 1 aliphatic heterocycles. The molecule has 0 fully saturated rings. The number of hydrogen-bond acceptors (Lipinski definition) is 4. The van der Waals surface area contributed by atoms with E-state index < -0.39 is 6.23 Å². The van der Waals surface area contributed by atoms with Gasteiger partial charge >= 0.3 is 0 Å². The van der Waals surface area contributed by atoms with Crippen molar-refractivity contribution < 1.29 is 14.0 Å². The summed E-state index contributed by atoms with van der Waals surface area (Å²) in [7, 11) is 0. The zero-order valence-corrected chi connectivity index (χ0v) is 7.11. The minimum absolute atomic E-state index is 0.138. The van der Waals surface area contributed by atoms with Crippen LogP contribution in [0.5, 0.6) is 0 Å². The Kier molecular flexibility index (Phi) is 2.24. The SMILES string of the molecule is O=CC1=NC(c2ccc(F)cc2)ON1. The Morgan fingerprint density at radius 3 is 2.71 bits per heavy atom. The van der Waals surface area contributed by atoms with Crippen molar-refractivity contribution in [1.82, 2.24) is 5.48 Å². The molecule has 2 rings (SSSR count). The van der Waals surface area contributed by atoms with Gasteiger partial charge in [-0.25, -0.2) is 19.7 Å². The van der Waals surface area contributed by atoms with Crippen LogP contribution in [0.1, 0.15) is 11.8 Å². The van der Waals surface area contributed by atoms with Crippen LogP contribution in [0.3, 0.4) is 0 Å². The van der Waals surface area contributed by atoms with Gasteiger partial charge in [-0.1, -0.05) is 12.1 Å². The van der Waals surface area contributed by atoms with Crippen LogP contribution in [-0.2, 0) is 9.63 Å². The molecule has 14 heavy (non-hydrogen) atoms. The highest BCUT2D eigenvalue weighted by atomic mass is 19.1. The number of carbonyl (C=O) groups excluding carboxylic acids is 1. The van der Waals surface area contributed by atoms with E-state index >= 15 is 0 Å². The molecule has 1 heterocycles. The first-order valence-electron chi connectivity index (χ1n) is 4.00. The number of halogens is 1. The fraction of sp³-hybridized carbons (Fsp3) is 0.111. The highest BCUT2D eigenvalue weighted by Crippen LogP contribution is 2.20. The van der Waals surface area contributed by atoms with Crippen LogP contribution in [-0.4, -0.2) is 12.1 Å². The van der Waals surface area contributed by atoms with Crippen molar-refractivity contribution in [2.24, 2.45) is 4.99 Å². The van der Waals surface area contributed by atoms with Crippen LogP contribution in [0.2, 0.25) is 0 Å². The Labute approximate surface area is 79.4 Å². The molecule has 1 aromatic carbocycles. The summed E-state index contributed by atoms with van der Waals surface area (Å²) in [5.41, 5.74) is 3.05. The number of nitrogens with zero attached hydrogens (tertiary/aromatic N) is 1. The average molecular weight is 194 g/mol. The summed E-state index contributed by atoms with van der Waals surface area (Å²) in [5.74, 6) is -0.182. The largest absolute Gasteiger partial charge is 0.294 e. The molecule has 0 aromatic heterocycles. The lowest BCUT2D eigenvalue weighted by molar-refractivity contribution is -0.103. The molecule has 0 saturated heterocycles. The lowest BCUT2D eigenvalue weighted by Crippen LogP contribution is -2.17. The minimum Gasteiger partial charge on any atom is -0.294 e. The molecular weight excluding hydrogens is 187 g/mol. The first-order chi connectivity index (χ1) is 6.79. The molecule has 0 amide bonds. The van der Waals surface area contributed by atoms with Gasteiger partial charge in [0.15, 0.2) is 12.1 Å². The van der Waals surface area contributed by atoms with Gasteiger partial charge in [-0.15, -0.1) is 0 Å². The number of aliphatic imine (C=N–C) groups is 1. The summed E-state index contributed by atoms with van der Waals surface area (Å²) in [6.45, 7) is 0. The predicted octanol–water partition coefficient (Wildman–Crippen LogP) is 0.956. The van der Waals surface area contributed by atoms with Crippen LogP contribution in [0, 0.1) is 5.82 Å². The number of aldehydes is 1.